The number of likely N-dealkylation sites (N-methyl/N-ethyl adjacent to an activating group) is 1. The lowest BCUT2D eigenvalue weighted by molar-refractivity contribution is -0.917. The Morgan fingerprint density at radius 2 is 2.00 bits per heavy atom. The summed E-state index contributed by atoms with van der Waals surface area (Å²) in [5.41, 5.74) is 0.894. The van der Waals surface area contributed by atoms with Crippen LogP contribution in [-0.4, -0.2) is 57.4 Å². The predicted molar refractivity (Wildman–Crippen MR) is 96.5 cm³/mol. The first-order valence-electron chi connectivity index (χ1n) is 8.16. The highest BCUT2D eigenvalue weighted by Gasteiger charge is 2.34. The van der Waals surface area contributed by atoms with Gasteiger partial charge in [0.05, 0.1) is 31.1 Å². The van der Waals surface area contributed by atoms with Gasteiger partial charge in [-0.2, -0.15) is 4.31 Å². The summed E-state index contributed by atoms with van der Waals surface area (Å²) in [6.07, 6.45) is 0. The highest BCUT2D eigenvalue weighted by molar-refractivity contribution is 9.10. The van der Waals surface area contributed by atoms with E-state index in [1.165, 1.54) is 4.31 Å². The summed E-state index contributed by atoms with van der Waals surface area (Å²) in [6, 6.07) is 4.92. The second-order valence-electron chi connectivity index (χ2n) is 6.09. The van der Waals surface area contributed by atoms with Gasteiger partial charge in [0.1, 0.15) is 0 Å². The number of nitrogens with zero attached hydrogens (tertiary/aromatic N) is 1. The van der Waals surface area contributed by atoms with E-state index in [4.69, 9.17) is 0 Å². The van der Waals surface area contributed by atoms with Crippen molar-refractivity contribution >= 4 is 31.9 Å². The third kappa shape index (κ3) is 4.17. The molecule has 1 aromatic carbocycles. The van der Waals surface area contributed by atoms with Crippen LogP contribution < -0.4 is 10.2 Å². The van der Waals surface area contributed by atoms with Crippen molar-refractivity contribution < 1.29 is 18.1 Å². The maximum absolute atomic E-state index is 12.8. The van der Waals surface area contributed by atoms with Crippen LogP contribution >= 0.6 is 15.9 Å². The van der Waals surface area contributed by atoms with E-state index in [1.807, 2.05) is 20.8 Å². The Bertz CT molecular complexity index is 701. The van der Waals surface area contributed by atoms with Crippen LogP contribution in [0.2, 0.25) is 0 Å². The van der Waals surface area contributed by atoms with Crippen molar-refractivity contribution in [3.63, 3.8) is 0 Å². The van der Waals surface area contributed by atoms with E-state index < -0.39 is 10.0 Å². The van der Waals surface area contributed by atoms with E-state index >= 15 is 0 Å². The molecule has 0 unspecified atom stereocenters. The minimum atomic E-state index is -3.48. The van der Waals surface area contributed by atoms with Gasteiger partial charge in [-0.05, 0) is 44.5 Å². The number of carbonyl (C=O) groups excluding carboxylic acids is 1. The topological polar surface area (TPSA) is 70.9 Å². The Hall–Kier alpha value is -0.960. The number of piperazine rings is 1. The molecular formula is C16H25BrN3O3S+. The van der Waals surface area contributed by atoms with Gasteiger partial charge in [0.2, 0.25) is 10.0 Å². The SMILES string of the molecule is CCNC(=O)[C@@H](C)[NH+]1CCN(S(=O)(=O)c2ccc(Br)c(C)c2)CC1. The molecule has 1 atom stereocenters. The Labute approximate surface area is 152 Å². The number of hydrogen-bond donors (Lipinski definition) is 2. The van der Waals surface area contributed by atoms with Crippen molar-refractivity contribution in [2.24, 2.45) is 0 Å². The van der Waals surface area contributed by atoms with Gasteiger partial charge in [-0.1, -0.05) is 15.9 Å². The van der Waals surface area contributed by atoms with Crippen LogP contribution in [0.4, 0.5) is 0 Å². The van der Waals surface area contributed by atoms with Crippen molar-refractivity contribution in [2.45, 2.75) is 31.7 Å². The lowest BCUT2D eigenvalue weighted by atomic mass is 10.2. The monoisotopic (exact) mass is 418 g/mol. The van der Waals surface area contributed by atoms with Crippen LogP contribution in [0.1, 0.15) is 19.4 Å². The molecule has 0 saturated carbocycles. The van der Waals surface area contributed by atoms with Gasteiger partial charge < -0.3 is 10.2 Å². The molecule has 1 aromatic rings. The molecule has 6 nitrogen and oxygen atoms in total. The number of amides is 1. The van der Waals surface area contributed by atoms with Gasteiger partial charge in [-0.15, -0.1) is 0 Å². The summed E-state index contributed by atoms with van der Waals surface area (Å²) in [5.74, 6) is 0.0207. The number of benzene rings is 1. The molecule has 8 heteroatoms. The van der Waals surface area contributed by atoms with Crippen LogP contribution in [0.15, 0.2) is 27.6 Å². The van der Waals surface area contributed by atoms with E-state index in [1.54, 1.807) is 18.2 Å². The van der Waals surface area contributed by atoms with Gasteiger partial charge in [-0.25, -0.2) is 8.42 Å². The summed E-state index contributed by atoms with van der Waals surface area (Å²) in [4.78, 5) is 13.4. The van der Waals surface area contributed by atoms with Crippen molar-refractivity contribution in [3.8, 4) is 0 Å². The molecule has 1 amide bonds. The molecule has 1 saturated heterocycles. The predicted octanol–water partition coefficient (Wildman–Crippen LogP) is 0.171. The smallest absolute Gasteiger partial charge is 0.278 e. The summed E-state index contributed by atoms with van der Waals surface area (Å²) in [7, 11) is -3.48. The van der Waals surface area contributed by atoms with Crippen LogP contribution in [0.5, 0.6) is 0 Å². The quantitative estimate of drug-likeness (QED) is 0.715. The Morgan fingerprint density at radius 1 is 1.38 bits per heavy atom. The maximum atomic E-state index is 12.8. The number of rotatable bonds is 5. The minimum Gasteiger partial charge on any atom is -0.351 e. The number of hydrogen-bond acceptors (Lipinski definition) is 3. The van der Waals surface area contributed by atoms with Crippen molar-refractivity contribution in [2.75, 3.05) is 32.7 Å². The summed E-state index contributed by atoms with van der Waals surface area (Å²) in [5, 5.41) is 2.83. The summed E-state index contributed by atoms with van der Waals surface area (Å²) in [6.45, 7) is 8.39. The van der Waals surface area contributed by atoms with E-state index in [-0.39, 0.29) is 11.9 Å². The Balaban J connectivity index is 2.05. The lowest BCUT2D eigenvalue weighted by Gasteiger charge is -2.34. The number of nitrogens with one attached hydrogen (secondary N) is 2. The molecule has 2 rings (SSSR count). The zero-order valence-electron chi connectivity index (χ0n) is 14.3. The molecule has 134 valence electrons. The molecule has 2 N–H and O–H groups in total. The molecule has 0 aromatic heterocycles. The van der Waals surface area contributed by atoms with Gasteiger partial charge >= 0.3 is 0 Å². The number of aryl methyl sites for hydroxylation is 1. The van der Waals surface area contributed by atoms with Gasteiger partial charge in [-0.3, -0.25) is 4.79 Å². The highest BCUT2D eigenvalue weighted by Crippen LogP contribution is 2.22. The molecule has 1 aliphatic rings. The van der Waals surface area contributed by atoms with Crippen LogP contribution in [0.3, 0.4) is 0 Å². The fourth-order valence-electron chi connectivity index (χ4n) is 2.89. The Kier molecular flexibility index (Phi) is 6.41. The van der Waals surface area contributed by atoms with Crippen LogP contribution in [0, 0.1) is 6.92 Å². The zero-order chi connectivity index (χ0) is 17.9. The molecule has 24 heavy (non-hydrogen) atoms. The number of quaternary nitrogens is 1. The van der Waals surface area contributed by atoms with Gasteiger partial charge in [0.25, 0.3) is 5.91 Å². The van der Waals surface area contributed by atoms with E-state index in [0.717, 1.165) is 14.9 Å². The number of carbonyl (C=O) groups is 1. The van der Waals surface area contributed by atoms with Gasteiger partial charge in [0.15, 0.2) is 6.04 Å². The first-order valence-corrected chi connectivity index (χ1v) is 10.4. The molecule has 0 radical (unpaired) electrons. The molecule has 0 bridgehead atoms. The molecule has 1 aliphatic heterocycles. The van der Waals surface area contributed by atoms with Crippen molar-refractivity contribution in [1.29, 1.82) is 0 Å². The number of halogens is 1. The highest BCUT2D eigenvalue weighted by atomic mass is 79.9. The maximum Gasteiger partial charge on any atom is 0.278 e. The normalized spacial score (nSPS) is 18.3. The number of sulfonamides is 1. The third-order valence-corrected chi connectivity index (χ3v) is 7.27. The average molecular weight is 419 g/mol. The molecule has 1 heterocycles. The lowest BCUT2D eigenvalue weighted by Crippen LogP contribution is -3.19. The minimum absolute atomic E-state index is 0.0207. The van der Waals surface area contributed by atoms with E-state index in [9.17, 15) is 13.2 Å². The molecule has 1 fully saturated rings. The third-order valence-electron chi connectivity index (χ3n) is 4.49. The second-order valence-corrected chi connectivity index (χ2v) is 8.88. The average Bonchev–Trinajstić information content (AvgIpc) is 2.57. The Morgan fingerprint density at radius 3 is 2.54 bits per heavy atom. The summed E-state index contributed by atoms with van der Waals surface area (Å²) >= 11 is 3.39. The molecular weight excluding hydrogens is 394 g/mol. The molecule has 0 spiro atoms. The zero-order valence-corrected chi connectivity index (χ0v) is 16.7. The van der Waals surface area contributed by atoms with Gasteiger partial charge in [0, 0.05) is 11.0 Å². The first-order chi connectivity index (χ1) is 11.3. The first kappa shape index (κ1) is 19.4. The van der Waals surface area contributed by atoms with E-state index in [0.29, 0.717) is 37.6 Å². The van der Waals surface area contributed by atoms with E-state index in [2.05, 4.69) is 21.2 Å². The van der Waals surface area contributed by atoms with Crippen LogP contribution in [0.25, 0.3) is 0 Å². The fraction of sp³-hybridized carbons (Fsp3) is 0.562. The second kappa shape index (κ2) is 7.95. The fourth-order valence-corrected chi connectivity index (χ4v) is 4.66. The summed E-state index contributed by atoms with van der Waals surface area (Å²) < 4.78 is 28.0. The van der Waals surface area contributed by atoms with Crippen LogP contribution in [-0.2, 0) is 14.8 Å². The largest absolute Gasteiger partial charge is 0.351 e. The standard InChI is InChI=1S/C16H24BrN3O3S/c1-4-18-16(21)13(3)19-7-9-20(10-8-19)24(22,23)14-5-6-15(17)12(2)11-14/h5-6,11,13H,4,7-10H2,1-3H3,(H,18,21)/p+1/t13-/m1/s1. The van der Waals surface area contributed by atoms with Crippen molar-refractivity contribution in [1.82, 2.24) is 9.62 Å². The van der Waals surface area contributed by atoms with Crippen molar-refractivity contribution in [3.05, 3.63) is 28.2 Å². The molecule has 0 aliphatic carbocycles.